The van der Waals surface area contributed by atoms with Crippen LogP contribution in [0.15, 0.2) is 72.8 Å². The molecule has 0 fully saturated rings. The first kappa shape index (κ1) is 23.2. The number of rotatable bonds is 6. The summed E-state index contributed by atoms with van der Waals surface area (Å²) in [5.41, 5.74) is -0.385. The highest BCUT2D eigenvalue weighted by molar-refractivity contribution is 6.12. The molecule has 0 aliphatic rings. The fourth-order valence-electron chi connectivity index (χ4n) is 3.80. The van der Waals surface area contributed by atoms with Crippen molar-refractivity contribution >= 4 is 11.6 Å². The molecule has 0 aromatic heterocycles. The van der Waals surface area contributed by atoms with E-state index in [1.807, 2.05) is 0 Å². The van der Waals surface area contributed by atoms with E-state index in [-0.39, 0.29) is 33.4 Å². The molecule has 4 rings (SSSR count). The second kappa shape index (κ2) is 9.11. The third kappa shape index (κ3) is 4.20. The molecule has 35 heavy (non-hydrogen) atoms. The highest BCUT2D eigenvalue weighted by Crippen LogP contribution is 2.45. The van der Waals surface area contributed by atoms with Gasteiger partial charge >= 0.3 is 0 Å². The number of phenolic OH excluding ortho intramolecular Hbond substituents is 6. The fourth-order valence-corrected chi connectivity index (χ4v) is 3.80. The second-order valence-corrected chi connectivity index (χ2v) is 7.81. The van der Waals surface area contributed by atoms with Crippen LogP contribution in [0, 0.1) is 0 Å². The van der Waals surface area contributed by atoms with Gasteiger partial charge in [0.25, 0.3) is 0 Å². The van der Waals surface area contributed by atoms with Crippen LogP contribution in [0.3, 0.4) is 0 Å². The molecule has 8 nitrogen and oxygen atoms in total. The molecule has 4 aromatic carbocycles. The van der Waals surface area contributed by atoms with Crippen molar-refractivity contribution in [1.29, 1.82) is 0 Å². The predicted octanol–water partition coefficient (Wildman–Crippen LogP) is 3.97. The van der Waals surface area contributed by atoms with Crippen LogP contribution in [0.4, 0.5) is 0 Å². The van der Waals surface area contributed by atoms with Crippen LogP contribution in [-0.4, -0.2) is 42.2 Å². The summed E-state index contributed by atoms with van der Waals surface area (Å²) >= 11 is 0. The highest BCUT2D eigenvalue weighted by Gasteiger charge is 2.28. The number of phenols is 6. The minimum Gasteiger partial charge on any atom is -0.504 e. The van der Waals surface area contributed by atoms with E-state index in [4.69, 9.17) is 0 Å². The van der Waals surface area contributed by atoms with E-state index < -0.39 is 52.5 Å². The van der Waals surface area contributed by atoms with E-state index in [0.717, 1.165) is 12.1 Å². The number of benzene rings is 4. The quantitative estimate of drug-likeness (QED) is 0.182. The van der Waals surface area contributed by atoms with Crippen molar-refractivity contribution in [2.75, 3.05) is 0 Å². The molecule has 0 aliphatic heterocycles. The lowest BCUT2D eigenvalue weighted by atomic mass is 9.88. The molecule has 6 N–H and O–H groups in total. The largest absolute Gasteiger partial charge is 0.504 e. The zero-order valence-electron chi connectivity index (χ0n) is 18.1. The Balaban J connectivity index is 1.93. The number of aromatic hydroxyl groups is 6. The van der Waals surface area contributed by atoms with Gasteiger partial charge in [-0.25, -0.2) is 0 Å². The van der Waals surface area contributed by atoms with Crippen LogP contribution in [-0.2, 0) is 6.42 Å². The Morgan fingerprint density at radius 2 is 0.857 bits per heavy atom. The molecule has 176 valence electrons. The number of hydrogen-bond acceptors (Lipinski definition) is 8. The Bertz CT molecular complexity index is 1330. The van der Waals surface area contributed by atoms with E-state index in [9.17, 15) is 40.2 Å². The maximum Gasteiger partial charge on any atom is 0.200 e. The minimum absolute atomic E-state index is 0.200. The molecule has 8 heteroatoms. The summed E-state index contributed by atoms with van der Waals surface area (Å²) in [5, 5.41) is 61.7. The van der Waals surface area contributed by atoms with Crippen molar-refractivity contribution in [1.82, 2.24) is 0 Å². The van der Waals surface area contributed by atoms with Crippen LogP contribution in [0.1, 0.15) is 43.0 Å². The Kier molecular flexibility index (Phi) is 6.03. The zero-order valence-corrected chi connectivity index (χ0v) is 18.1. The number of carbonyl (C=O) groups excluding carboxylic acids is 2. The molecule has 0 radical (unpaired) electrons. The van der Waals surface area contributed by atoms with Gasteiger partial charge in [-0.05, 0) is 12.1 Å². The van der Waals surface area contributed by atoms with E-state index in [1.165, 1.54) is 24.3 Å². The van der Waals surface area contributed by atoms with E-state index in [1.54, 1.807) is 36.4 Å². The molecule has 0 amide bonds. The normalized spacial score (nSPS) is 10.7. The molecule has 4 aromatic rings. The van der Waals surface area contributed by atoms with Gasteiger partial charge < -0.3 is 30.6 Å². The third-order valence-corrected chi connectivity index (χ3v) is 5.63. The first-order chi connectivity index (χ1) is 16.7. The number of hydrogen-bond donors (Lipinski definition) is 6. The summed E-state index contributed by atoms with van der Waals surface area (Å²) < 4.78 is 0. The van der Waals surface area contributed by atoms with Crippen molar-refractivity contribution in [3.63, 3.8) is 0 Å². The number of ketones is 2. The summed E-state index contributed by atoms with van der Waals surface area (Å²) in [5.74, 6) is -6.18. The van der Waals surface area contributed by atoms with Crippen molar-refractivity contribution in [3.05, 3.63) is 106 Å². The second-order valence-electron chi connectivity index (χ2n) is 7.81. The Labute approximate surface area is 199 Å². The van der Waals surface area contributed by atoms with Crippen LogP contribution in [0.2, 0.25) is 0 Å². The van der Waals surface area contributed by atoms with Gasteiger partial charge in [0.2, 0.25) is 11.5 Å². The smallest absolute Gasteiger partial charge is 0.200 e. The van der Waals surface area contributed by atoms with Gasteiger partial charge in [-0.2, -0.15) is 0 Å². The van der Waals surface area contributed by atoms with Crippen LogP contribution >= 0.6 is 0 Å². The van der Waals surface area contributed by atoms with Gasteiger partial charge in [0.15, 0.2) is 34.6 Å². The lowest BCUT2D eigenvalue weighted by Gasteiger charge is -2.17. The Morgan fingerprint density at radius 3 is 1.20 bits per heavy atom. The molecule has 0 heterocycles. The topological polar surface area (TPSA) is 156 Å². The van der Waals surface area contributed by atoms with Crippen LogP contribution < -0.4 is 0 Å². The van der Waals surface area contributed by atoms with Gasteiger partial charge in [-0.3, -0.25) is 9.59 Å². The maximum absolute atomic E-state index is 13.2. The summed E-state index contributed by atoms with van der Waals surface area (Å²) in [6.45, 7) is 0. The SMILES string of the molecule is O=C(c1ccccc1)c1cc(O)c(O)c(O)c1Cc1c(C(=O)c2ccccc2)cc(O)c(O)c1O. The summed E-state index contributed by atoms with van der Waals surface area (Å²) in [6.07, 6.45) is -0.513. The van der Waals surface area contributed by atoms with Gasteiger partial charge in [-0.15, -0.1) is 0 Å². The van der Waals surface area contributed by atoms with Crippen LogP contribution in [0.25, 0.3) is 0 Å². The standard InChI is InChI=1S/C27H20O8/c28-20-12-18(22(30)14-7-3-1-4-8-14)16(24(32)26(20)34)11-17-19(13-21(29)27(35)25(17)33)23(31)15-9-5-2-6-10-15/h1-10,12-13,28-29,32-35H,11H2. The Morgan fingerprint density at radius 1 is 0.514 bits per heavy atom. The van der Waals surface area contributed by atoms with E-state index in [0.29, 0.717) is 0 Å². The summed E-state index contributed by atoms with van der Waals surface area (Å²) in [4.78, 5) is 26.4. The predicted molar refractivity (Wildman–Crippen MR) is 125 cm³/mol. The van der Waals surface area contributed by atoms with E-state index in [2.05, 4.69) is 0 Å². The van der Waals surface area contributed by atoms with Crippen molar-refractivity contribution in [3.8, 4) is 34.5 Å². The maximum atomic E-state index is 13.2. The minimum atomic E-state index is -0.900. The molecule has 0 atom stereocenters. The van der Waals surface area contributed by atoms with Gasteiger partial charge in [0.05, 0.1) is 0 Å². The van der Waals surface area contributed by atoms with Crippen molar-refractivity contribution in [2.24, 2.45) is 0 Å². The molecule has 0 aliphatic carbocycles. The molecule has 0 spiro atoms. The van der Waals surface area contributed by atoms with Gasteiger partial charge in [0, 0.05) is 39.8 Å². The fraction of sp³-hybridized carbons (Fsp3) is 0.0370. The van der Waals surface area contributed by atoms with Gasteiger partial charge in [-0.1, -0.05) is 60.7 Å². The average Bonchev–Trinajstić information content (AvgIpc) is 2.88. The molecular weight excluding hydrogens is 452 g/mol. The number of carbonyl (C=O) groups is 2. The van der Waals surface area contributed by atoms with Crippen molar-refractivity contribution < 1.29 is 40.2 Å². The molecular formula is C27H20O8. The lowest BCUT2D eigenvalue weighted by Crippen LogP contribution is -2.10. The van der Waals surface area contributed by atoms with Crippen LogP contribution in [0.5, 0.6) is 34.5 Å². The monoisotopic (exact) mass is 472 g/mol. The summed E-state index contributed by atoms with van der Waals surface area (Å²) in [7, 11) is 0. The van der Waals surface area contributed by atoms with Crippen molar-refractivity contribution in [2.45, 2.75) is 6.42 Å². The molecule has 0 bridgehead atoms. The average molecular weight is 472 g/mol. The zero-order chi connectivity index (χ0) is 25.3. The Hall–Kier alpha value is -4.98. The third-order valence-electron chi connectivity index (χ3n) is 5.63. The highest BCUT2D eigenvalue weighted by atomic mass is 16.3. The lowest BCUT2D eigenvalue weighted by molar-refractivity contribution is 0.103. The molecule has 0 saturated carbocycles. The van der Waals surface area contributed by atoms with Gasteiger partial charge in [0.1, 0.15) is 0 Å². The van der Waals surface area contributed by atoms with E-state index >= 15 is 0 Å². The molecule has 0 unspecified atom stereocenters. The first-order valence-corrected chi connectivity index (χ1v) is 10.4. The summed E-state index contributed by atoms with van der Waals surface area (Å²) in [6, 6.07) is 17.9. The first-order valence-electron chi connectivity index (χ1n) is 10.4. The molecule has 0 saturated heterocycles.